The maximum atomic E-state index is 14.2. The Labute approximate surface area is 114 Å². The summed E-state index contributed by atoms with van der Waals surface area (Å²) in [6, 6.07) is 0. The van der Waals surface area contributed by atoms with Crippen LogP contribution < -0.4 is 0 Å². The molecule has 0 N–H and O–H groups in total. The SMILES string of the molecule is CCC(C)C(F)(F)C1=CCC(C)C=C(C(C)=O)C=C1. The zero-order valence-corrected chi connectivity index (χ0v) is 12.0. The van der Waals surface area contributed by atoms with Gasteiger partial charge in [0.2, 0.25) is 0 Å². The van der Waals surface area contributed by atoms with Crippen LogP contribution in [0.1, 0.15) is 40.5 Å². The Bertz CT molecular complexity index is 430. The van der Waals surface area contributed by atoms with Gasteiger partial charge in [-0.25, -0.2) is 8.78 Å². The number of rotatable bonds is 4. The van der Waals surface area contributed by atoms with Gasteiger partial charge in [0.1, 0.15) is 0 Å². The number of hydrogen-bond donors (Lipinski definition) is 0. The van der Waals surface area contributed by atoms with E-state index < -0.39 is 11.8 Å². The molecule has 1 aliphatic carbocycles. The first-order valence-electron chi connectivity index (χ1n) is 6.78. The maximum absolute atomic E-state index is 14.2. The molecule has 0 aromatic heterocycles. The van der Waals surface area contributed by atoms with E-state index >= 15 is 0 Å². The predicted octanol–water partition coefficient (Wildman–Crippen LogP) is 4.71. The molecule has 2 atom stereocenters. The molecule has 0 spiro atoms. The number of ketones is 1. The monoisotopic (exact) mass is 268 g/mol. The average Bonchev–Trinajstić information content (AvgIpc) is 2.32. The molecule has 0 amide bonds. The van der Waals surface area contributed by atoms with E-state index in [-0.39, 0.29) is 17.3 Å². The van der Waals surface area contributed by atoms with Gasteiger partial charge in [-0.05, 0) is 25.7 Å². The quantitative estimate of drug-likeness (QED) is 0.722. The smallest absolute Gasteiger partial charge is 0.275 e. The molecule has 0 saturated carbocycles. The van der Waals surface area contributed by atoms with Gasteiger partial charge in [-0.15, -0.1) is 0 Å². The van der Waals surface area contributed by atoms with E-state index in [0.29, 0.717) is 18.4 Å². The third-order valence-electron chi connectivity index (χ3n) is 3.64. The van der Waals surface area contributed by atoms with Crippen molar-refractivity contribution in [3.63, 3.8) is 0 Å². The largest absolute Gasteiger partial charge is 0.295 e. The van der Waals surface area contributed by atoms with Crippen LogP contribution in [0.3, 0.4) is 0 Å². The summed E-state index contributed by atoms with van der Waals surface area (Å²) in [6.07, 6.45) is 7.30. The Morgan fingerprint density at radius 3 is 2.63 bits per heavy atom. The van der Waals surface area contributed by atoms with Gasteiger partial charge in [0.25, 0.3) is 5.92 Å². The number of halogens is 2. The zero-order valence-electron chi connectivity index (χ0n) is 12.0. The molecule has 0 bridgehead atoms. The van der Waals surface area contributed by atoms with E-state index in [9.17, 15) is 13.6 Å². The van der Waals surface area contributed by atoms with Crippen LogP contribution in [-0.4, -0.2) is 11.7 Å². The van der Waals surface area contributed by atoms with Crippen molar-refractivity contribution in [3.8, 4) is 0 Å². The summed E-state index contributed by atoms with van der Waals surface area (Å²) in [7, 11) is 0. The van der Waals surface area contributed by atoms with Gasteiger partial charge >= 0.3 is 0 Å². The number of hydrogen-bond acceptors (Lipinski definition) is 1. The number of allylic oxidation sites excluding steroid dienone is 6. The van der Waals surface area contributed by atoms with Crippen LogP contribution in [0, 0.1) is 11.8 Å². The topological polar surface area (TPSA) is 17.1 Å². The second kappa shape index (κ2) is 6.27. The highest BCUT2D eigenvalue weighted by Crippen LogP contribution is 2.36. The molecule has 0 aromatic rings. The Balaban J connectivity index is 3.11. The fourth-order valence-electron chi connectivity index (χ4n) is 2.01. The van der Waals surface area contributed by atoms with Crippen LogP contribution in [0.5, 0.6) is 0 Å². The van der Waals surface area contributed by atoms with Crippen LogP contribution in [0.2, 0.25) is 0 Å². The highest BCUT2D eigenvalue weighted by molar-refractivity contribution is 5.96. The van der Waals surface area contributed by atoms with Crippen LogP contribution in [-0.2, 0) is 4.79 Å². The van der Waals surface area contributed by atoms with Gasteiger partial charge in [0, 0.05) is 17.1 Å². The molecular formula is C16H22F2O. The Kier molecular flexibility index (Phi) is 5.21. The van der Waals surface area contributed by atoms with Gasteiger partial charge in [-0.3, -0.25) is 4.79 Å². The Hall–Kier alpha value is -1.25. The molecule has 19 heavy (non-hydrogen) atoms. The van der Waals surface area contributed by atoms with E-state index in [0.717, 1.165) is 0 Å². The van der Waals surface area contributed by atoms with Crippen LogP contribution in [0.4, 0.5) is 8.78 Å². The van der Waals surface area contributed by atoms with Crippen LogP contribution >= 0.6 is 0 Å². The van der Waals surface area contributed by atoms with Crippen molar-refractivity contribution < 1.29 is 13.6 Å². The van der Waals surface area contributed by atoms with E-state index in [2.05, 4.69) is 0 Å². The lowest BCUT2D eigenvalue weighted by Gasteiger charge is -2.25. The van der Waals surface area contributed by atoms with Crippen molar-refractivity contribution >= 4 is 5.78 Å². The molecule has 0 radical (unpaired) electrons. The van der Waals surface area contributed by atoms with Gasteiger partial charge in [0.15, 0.2) is 5.78 Å². The lowest BCUT2D eigenvalue weighted by molar-refractivity contribution is -0.113. The molecule has 0 fully saturated rings. The van der Waals surface area contributed by atoms with E-state index in [1.165, 1.54) is 19.1 Å². The number of carbonyl (C=O) groups is 1. The van der Waals surface area contributed by atoms with Crippen molar-refractivity contribution in [1.82, 2.24) is 0 Å². The molecule has 3 heteroatoms. The van der Waals surface area contributed by atoms with Crippen LogP contribution in [0.25, 0.3) is 0 Å². The third-order valence-corrected chi connectivity index (χ3v) is 3.64. The summed E-state index contributed by atoms with van der Waals surface area (Å²) in [5, 5.41) is 0. The fraction of sp³-hybridized carbons (Fsp3) is 0.562. The van der Waals surface area contributed by atoms with E-state index in [4.69, 9.17) is 0 Å². The van der Waals surface area contributed by atoms with Crippen molar-refractivity contribution in [1.29, 1.82) is 0 Å². The lowest BCUT2D eigenvalue weighted by atomic mass is 9.89. The van der Waals surface area contributed by atoms with Gasteiger partial charge in [-0.2, -0.15) is 0 Å². The van der Waals surface area contributed by atoms with E-state index in [1.807, 2.05) is 13.0 Å². The van der Waals surface area contributed by atoms with Gasteiger partial charge < -0.3 is 0 Å². The molecule has 1 rings (SSSR count). The zero-order chi connectivity index (χ0) is 14.6. The second-order valence-corrected chi connectivity index (χ2v) is 5.32. The van der Waals surface area contributed by atoms with Gasteiger partial charge in [-0.1, -0.05) is 45.1 Å². The molecule has 106 valence electrons. The van der Waals surface area contributed by atoms with Crippen molar-refractivity contribution in [2.24, 2.45) is 11.8 Å². The standard InChI is InChI=1S/C16H22F2O/c1-5-12(3)16(17,18)15-8-6-11(2)10-14(7-9-15)13(4)19/h7-12H,5-6H2,1-4H3. The maximum Gasteiger partial charge on any atom is 0.275 e. The summed E-state index contributed by atoms with van der Waals surface area (Å²) in [5.74, 6) is -3.55. The molecule has 0 heterocycles. The van der Waals surface area contributed by atoms with Crippen molar-refractivity contribution in [2.75, 3.05) is 0 Å². The molecule has 1 nitrogen and oxygen atoms in total. The van der Waals surface area contributed by atoms with Crippen molar-refractivity contribution in [2.45, 2.75) is 46.5 Å². The third kappa shape index (κ3) is 3.85. The fourth-order valence-corrected chi connectivity index (χ4v) is 2.01. The van der Waals surface area contributed by atoms with E-state index in [1.54, 1.807) is 19.9 Å². The summed E-state index contributed by atoms with van der Waals surface area (Å²) in [4.78, 5) is 11.4. The molecule has 0 aliphatic heterocycles. The summed E-state index contributed by atoms with van der Waals surface area (Å²) >= 11 is 0. The van der Waals surface area contributed by atoms with Crippen LogP contribution in [0.15, 0.2) is 35.5 Å². The Morgan fingerprint density at radius 2 is 2.11 bits per heavy atom. The molecular weight excluding hydrogens is 246 g/mol. The molecule has 2 unspecified atom stereocenters. The Morgan fingerprint density at radius 1 is 1.47 bits per heavy atom. The first-order valence-corrected chi connectivity index (χ1v) is 6.78. The lowest BCUT2D eigenvalue weighted by Crippen LogP contribution is -2.27. The molecule has 0 saturated heterocycles. The summed E-state index contributed by atoms with van der Waals surface area (Å²) in [5.41, 5.74) is 0.540. The second-order valence-electron chi connectivity index (χ2n) is 5.32. The normalized spacial score (nSPS) is 22.1. The van der Waals surface area contributed by atoms with Gasteiger partial charge in [0.05, 0.1) is 0 Å². The predicted molar refractivity (Wildman–Crippen MR) is 74.2 cm³/mol. The first kappa shape index (κ1) is 15.8. The summed E-state index contributed by atoms with van der Waals surface area (Å²) < 4.78 is 28.5. The average molecular weight is 268 g/mol. The minimum absolute atomic E-state index is 0.0283. The summed E-state index contributed by atoms with van der Waals surface area (Å²) in [6.45, 7) is 6.70. The minimum atomic E-state index is -2.84. The highest BCUT2D eigenvalue weighted by atomic mass is 19.3. The first-order chi connectivity index (χ1) is 8.78. The molecule has 0 aromatic carbocycles. The molecule has 1 aliphatic rings. The highest BCUT2D eigenvalue weighted by Gasteiger charge is 2.38. The number of carbonyl (C=O) groups excluding carboxylic acids is 1. The number of alkyl halides is 2. The van der Waals surface area contributed by atoms with Crippen molar-refractivity contribution in [3.05, 3.63) is 35.5 Å². The minimum Gasteiger partial charge on any atom is -0.295 e. The number of Topliss-reactive ketones (excluding diaryl/α,β-unsaturated/α-hetero) is 1.